The highest BCUT2D eigenvalue weighted by Crippen LogP contribution is 2.14. The maximum Gasteiger partial charge on any atom is 0.305 e. The maximum absolute atomic E-state index is 12.0. The lowest BCUT2D eigenvalue weighted by Crippen LogP contribution is -2.25. The first kappa shape index (κ1) is 45.8. The molecular formula is C42H74O6. The highest BCUT2D eigenvalue weighted by atomic mass is 16.6. The third kappa shape index (κ3) is 36.7. The van der Waals surface area contributed by atoms with Crippen LogP contribution in [0.5, 0.6) is 0 Å². The molecule has 0 fully saturated rings. The van der Waals surface area contributed by atoms with Gasteiger partial charge in [-0.1, -0.05) is 172 Å². The van der Waals surface area contributed by atoms with Gasteiger partial charge >= 0.3 is 11.9 Å². The maximum atomic E-state index is 12.0. The zero-order valence-electron chi connectivity index (χ0n) is 31.1. The van der Waals surface area contributed by atoms with Gasteiger partial charge in [-0.2, -0.15) is 0 Å². The molecule has 0 aliphatic carbocycles. The Hall–Kier alpha value is -2.18. The van der Waals surface area contributed by atoms with Crippen molar-refractivity contribution in [1.82, 2.24) is 0 Å². The second kappa shape index (κ2) is 37.6. The van der Waals surface area contributed by atoms with Crippen molar-refractivity contribution in [2.45, 2.75) is 193 Å². The number of aliphatic hydroxyl groups excluding tert-OH is 2. The lowest BCUT2D eigenvalue weighted by molar-refractivity contribution is -0.152. The molecule has 6 nitrogen and oxygen atoms in total. The quantitative estimate of drug-likeness (QED) is 0.0301. The van der Waals surface area contributed by atoms with Gasteiger partial charge in [0.2, 0.25) is 0 Å². The van der Waals surface area contributed by atoms with E-state index in [9.17, 15) is 19.8 Å². The normalized spacial score (nSPS) is 13.3. The minimum Gasteiger partial charge on any atom is -0.463 e. The molecule has 0 aliphatic rings. The molecule has 6 heteroatoms. The van der Waals surface area contributed by atoms with Gasteiger partial charge in [-0.3, -0.25) is 9.59 Å². The molecule has 0 amide bonds. The van der Waals surface area contributed by atoms with E-state index in [1.807, 2.05) is 24.3 Å². The van der Waals surface area contributed by atoms with E-state index in [2.05, 4.69) is 32.1 Å². The Labute approximate surface area is 295 Å². The van der Waals surface area contributed by atoms with E-state index in [-0.39, 0.29) is 31.6 Å². The smallest absolute Gasteiger partial charge is 0.305 e. The summed E-state index contributed by atoms with van der Waals surface area (Å²) in [6, 6.07) is 0. The lowest BCUT2D eigenvalue weighted by Gasteiger charge is -2.12. The minimum absolute atomic E-state index is 0.155. The summed E-state index contributed by atoms with van der Waals surface area (Å²) in [5, 5.41) is 20.0. The van der Waals surface area contributed by atoms with Gasteiger partial charge in [0, 0.05) is 12.8 Å². The van der Waals surface area contributed by atoms with Gasteiger partial charge in [-0.25, -0.2) is 0 Å². The molecule has 0 aromatic carbocycles. The minimum atomic E-state index is -1.01. The fraction of sp³-hybridized carbons (Fsp3) is 0.762. The SMILES string of the molecule is CCCCC/C=C\C/C=C\CC(O)/C=C\C=C\CCCC(=O)OC[C@@H](O)COC(=O)CCCCCCCCCCCCCCCCCC. The number of hydrogen-bond donors (Lipinski definition) is 2. The molecule has 0 saturated carbocycles. The Balaban J connectivity index is 3.60. The van der Waals surface area contributed by atoms with E-state index in [1.54, 1.807) is 6.08 Å². The van der Waals surface area contributed by atoms with Crippen molar-refractivity contribution in [1.29, 1.82) is 0 Å². The summed E-state index contributed by atoms with van der Waals surface area (Å²) in [6.07, 6.45) is 43.4. The molecule has 0 aromatic rings. The second-order valence-electron chi connectivity index (χ2n) is 13.3. The molecule has 48 heavy (non-hydrogen) atoms. The predicted molar refractivity (Wildman–Crippen MR) is 202 cm³/mol. The van der Waals surface area contributed by atoms with Gasteiger partial charge in [-0.05, 0) is 44.9 Å². The number of carbonyl (C=O) groups excluding carboxylic acids is 2. The van der Waals surface area contributed by atoms with E-state index in [0.29, 0.717) is 25.7 Å². The molecule has 0 spiro atoms. The van der Waals surface area contributed by atoms with Gasteiger partial charge < -0.3 is 19.7 Å². The van der Waals surface area contributed by atoms with Crippen LogP contribution in [-0.4, -0.2) is 47.6 Å². The largest absolute Gasteiger partial charge is 0.463 e. The molecule has 2 atom stereocenters. The molecule has 0 aliphatic heterocycles. The van der Waals surface area contributed by atoms with E-state index in [1.165, 1.54) is 103 Å². The standard InChI is InChI=1S/C42H74O6/c1-3-5-7-9-11-13-14-15-16-17-18-19-21-23-27-31-35-41(45)47-37-40(44)38-48-42(46)36-32-28-24-26-30-34-39(43)33-29-25-22-20-12-10-8-6-4-2/h12,20,24-26,29-30,34,39-40,43-44H,3-11,13-19,21-23,27-28,31-33,35-38H2,1-2H3/b20-12-,26-24+,29-25-,34-30-/t39?,40-/m0/s1. The van der Waals surface area contributed by atoms with E-state index in [0.717, 1.165) is 32.1 Å². The van der Waals surface area contributed by atoms with E-state index in [4.69, 9.17) is 9.47 Å². The Bertz CT molecular complexity index is 830. The van der Waals surface area contributed by atoms with Crippen LogP contribution in [0.15, 0.2) is 48.6 Å². The molecule has 0 bridgehead atoms. The third-order valence-corrected chi connectivity index (χ3v) is 8.40. The Kier molecular flexibility index (Phi) is 35.9. The topological polar surface area (TPSA) is 93.1 Å². The van der Waals surface area contributed by atoms with Crippen molar-refractivity contribution in [2.24, 2.45) is 0 Å². The highest BCUT2D eigenvalue weighted by Gasteiger charge is 2.12. The third-order valence-electron chi connectivity index (χ3n) is 8.40. The summed E-state index contributed by atoms with van der Waals surface area (Å²) in [5.41, 5.74) is 0. The van der Waals surface area contributed by atoms with Gasteiger partial charge in [-0.15, -0.1) is 0 Å². The Morgan fingerprint density at radius 3 is 1.54 bits per heavy atom. The predicted octanol–water partition coefficient (Wildman–Crippen LogP) is 11.2. The van der Waals surface area contributed by atoms with Crippen LogP contribution in [0, 0.1) is 0 Å². The first-order valence-corrected chi connectivity index (χ1v) is 19.8. The number of aliphatic hydroxyl groups is 2. The zero-order valence-corrected chi connectivity index (χ0v) is 31.1. The fourth-order valence-corrected chi connectivity index (χ4v) is 5.33. The van der Waals surface area contributed by atoms with Crippen molar-refractivity contribution in [3.63, 3.8) is 0 Å². The van der Waals surface area contributed by atoms with Crippen molar-refractivity contribution in [3.05, 3.63) is 48.6 Å². The average molecular weight is 675 g/mol. The summed E-state index contributed by atoms with van der Waals surface area (Å²) in [6.45, 7) is 4.15. The van der Waals surface area contributed by atoms with E-state index >= 15 is 0 Å². The number of ether oxygens (including phenoxy) is 2. The van der Waals surface area contributed by atoms with Crippen LogP contribution >= 0.6 is 0 Å². The molecule has 0 saturated heterocycles. The van der Waals surface area contributed by atoms with Crippen molar-refractivity contribution in [3.8, 4) is 0 Å². The van der Waals surface area contributed by atoms with Crippen LogP contribution in [0.25, 0.3) is 0 Å². The van der Waals surface area contributed by atoms with Crippen LogP contribution < -0.4 is 0 Å². The van der Waals surface area contributed by atoms with Gasteiger partial charge in [0.05, 0.1) is 6.10 Å². The lowest BCUT2D eigenvalue weighted by atomic mass is 10.0. The molecule has 278 valence electrons. The van der Waals surface area contributed by atoms with Gasteiger partial charge in [0.25, 0.3) is 0 Å². The molecule has 0 rings (SSSR count). The number of unbranched alkanes of at least 4 members (excludes halogenated alkanes) is 19. The van der Waals surface area contributed by atoms with Crippen LogP contribution in [0.3, 0.4) is 0 Å². The van der Waals surface area contributed by atoms with Crippen LogP contribution in [0.1, 0.15) is 181 Å². The summed E-state index contributed by atoms with van der Waals surface area (Å²) in [4.78, 5) is 23.9. The van der Waals surface area contributed by atoms with Crippen LogP contribution in [-0.2, 0) is 19.1 Å². The molecule has 1 unspecified atom stereocenters. The van der Waals surface area contributed by atoms with Crippen molar-refractivity contribution < 1.29 is 29.3 Å². The zero-order chi connectivity index (χ0) is 35.2. The number of esters is 2. The first-order chi connectivity index (χ1) is 23.5. The molecular weight excluding hydrogens is 600 g/mol. The fourth-order valence-electron chi connectivity index (χ4n) is 5.33. The Morgan fingerprint density at radius 2 is 0.979 bits per heavy atom. The molecule has 2 N–H and O–H groups in total. The van der Waals surface area contributed by atoms with Crippen molar-refractivity contribution >= 4 is 11.9 Å². The molecule has 0 aromatic heterocycles. The Morgan fingerprint density at radius 1 is 0.521 bits per heavy atom. The second-order valence-corrected chi connectivity index (χ2v) is 13.3. The van der Waals surface area contributed by atoms with Crippen LogP contribution in [0.2, 0.25) is 0 Å². The molecule has 0 heterocycles. The number of hydrogen-bond acceptors (Lipinski definition) is 6. The monoisotopic (exact) mass is 675 g/mol. The number of carbonyl (C=O) groups is 2. The first-order valence-electron chi connectivity index (χ1n) is 19.8. The average Bonchev–Trinajstić information content (AvgIpc) is 3.08. The van der Waals surface area contributed by atoms with Crippen LogP contribution in [0.4, 0.5) is 0 Å². The van der Waals surface area contributed by atoms with Gasteiger partial charge in [0.1, 0.15) is 19.3 Å². The highest BCUT2D eigenvalue weighted by molar-refractivity contribution is 5.69. The summed E-state index contributed by atoms with van der Waals surface area (Å²) in [7, 11) is 0. The summed E-state index contributed by atoms with van der Waals surface area (Å²) >= 11 is 0. The number of allylic oxidation sites excluding steroid dienone is 6. The van der Waals surface area contributed by atoms with Crippen molar-refractivity contribution in [2.75, 3.05) is 13.2 Å². The summed E-state index contributed by atoms with van der Waals surface area (Å²) < 4.78 is 10.3. The number of rotatable bonds is 35. The molecule has 0 radical (unpaired) electrons. The van der Waals surface area contributed by atoms with E-state index < -0.39 is 12.2 Å². The summed E-state index contributed by atoms with van der Waals surface area (Å²) in [5.74, 6) is -0.688. The van der Waals surface area contributed by atoms with Gasteiger partial charge in [0.15, 0.2) is 0 Å².